The molecule has 23 heavy (non-hydrogen) atoms. The van der Waals surface area contributed by atoms with Crippen molar-refractivity contribution in [1.29, 1.82) is 0 Å². The normalized spacial score (nSPS) is 20.2. The van der Waals surface area contributed by atoms with Crippen molar-refractivity contribution in [2.75, 3.05) is 5.32 Å². The summed E-state index contributed by atoms with van der Waals surface area (Å²) >= 11 is 0. The van der Waals surface area contributed by atoms with Gasteiger partial charge in [0.05, 0.1) is 5.92 Å². The maximum absolute atomic E-state index is 11.0. The van der Waals surface area contributed by atoms with Crippen LogP contribution in [-0.2, 0) is 11.4 Å². The molecule has 0 amide bonds. The minimum absolute atomic E-state index is 0.207. The maximum atomic E-state index is 11.0. The summed E-state index contributed by atoms with van der Waals surface area (Å²) in [4.78, 5) is 11.0. The van der Waals surface area contributed by atoms with Crippen molar-refractivity contribution in [3.63, 3.8) is 0 Å². The molecule has 1 fully saturated rings. The molecule has 2 aromatic rings. The molecule has 120 valence electrons. The smallest absolute Gasteiger partial charge is 0.306 e. The lowest BCUT2D eigenvalue weighted by Crippen LogP contribution is -2.17. The highest BCUT2D eigenvalue weighted by molar-refractivity contribution is 5.70. The van der Waals surface area contributed by atoms with E-state index >= 15 is 0 Å². The zero-order valence-corrected chi connectivity index (χ0v) is 12.9. The molecule has 0 heterocycles. The number of aliphatic carboxylic acids is 1. The van der Waals surface area contributed by atoms with Gasteiger partial charge in [0.1, 0.15) is 12.4 Å². The molecule has 0 radical (unpaired) electrons. The molecule has 4 heteroatoms. The highest BCUT2D eigenvalue weighted by Crippen LogP contribution is 2.28. The van der Waals surface area contributed by atoms with Crippen molar-refractivity contribution in [3.05, 3.63) is 60.2 Å². The van der Waals surface area contributed by atoms with E-state index in [2.05, 4.69) is 5.32 Å². The van der Waals surface area contributed by atoms with Gasteiger partial charge in [0, 0.05) is 11.7 Å². The summed E-state index contributed by atoms with van der Waals surface area (Å²) in [6, 6.07) is 18.1. The summed E-state index contributed by atoms with van der Waals surface area (Å²) in [7, 11) is 0. The van der Waals surface area contributed by atoms with Gasteiger partial charge in [-0.3, -0.25) is 4.79 Å². The van der Waals surface area contributed by atoms with Crippen molar-refractivity contribution in [2.24, 2.45) is 5.92 Å². The molecule has 3 rings (SSSR count). The maximum Gasteiger partial charge on any atom is 0.306 e. The number of carbonyl (C=O) groups is 1. The number of ether oxygens (including phenoxy) is 1. The van der Waals surface area contributed by atoms with Crippen LogP contribution in [0.25, 0.3) is 0 Å². The molecule has 1 saturated carbocycles. The van der Waals surface area contributed by atoms with Crippen LogP contribution in [0.5, 0.6) is 5.75 Å². The summed E-state index contributed by atoms with van der Waals surface area (Å²) in [5, 5.41) is 12.5. The van der Waals surface area contributed by atoms with Crippen LogP contribution < -0.4 is 10.1 Å². The Labute approximate surface area is 136 Å². The molecule has 2 atom stereocenters. The SMILES string of the molecule is O=C(O)C1CCC(Nc2ccc(OCc3ccccc3)cc2)C1. The van der Waals surface area contributed by atoms with Crippen molar-refractivity contribution >= 4 is 11.7 Å². The average molecular weight is 311 g/mol. The molecule has 0 bridgehead atoms. The van der Waals surface area contributed by atoms with Crippen LogP contribution in [-0.4, -0.2) is 17.1 Å². The number of nitrogens with one attached hydrogen (secondary N) is 1. The minimum Gasteiger partial charge on any atom is -0.489 e. The van der Waals surface area contributed by atoms with Gasteiger partial charge >= 0.3 is 5.97 Å². The van der Waals surface area contributed by atoms with E-state index in [-0.39, 0.29) is 12.0 Å². The zero-order chi connectivity index (χ0) is 16.1. The second-order valence-corrected chi connectivity index (χ2v) is 5.99. The molecule has 2 N–H and O–H groups in total. The third-order valence-corrected chi connectivity index (χ3v) is 4.26. The van der Waals surface area contributed by atoms with Crippen LogP contribution in [0.15, 0.2) is 54.6 Å². The van der Waals surface area contributed by atoms with Gasteiger partial charge in [-0.2, -0.15) is 0 Å². The van der Waals surface area contributed by atoms with Crippen molar-refractivity contribution in [1.82, 2.24) is 0 Å². The number of hydrogen-bond donors (Lipinski definition) is 2. The molecule has 2 unspecified atom stereocenters. The Kier molecular flexibility index (Phi) is 4.81. The van der Waals surface area contributed by atoms with Gasteiger partial charge < -0.3 is 15.2 Å². The van der Waals surface area contributed by atoms with Crippen LogP contribution in [0.3, 0.4) is 0 Å². The third kappa shape index (κ3) is 4.25. The standard InChI is InChI=1S/C19H21NO3/c21-19(22)15-6-7-17(12-15)20-16-8-10-18(11-9-16)23-13-14-4-2-1-3-5-14/h1-5,8-11,15,17,20H,6-7,12-13H2,(H,21,22). The second kappa shape index (κ2) is 7.18. The number of carboxylic acid groups (broad SMARTS) is 1. The molecule has 0 aromatic heterocycles. The van der Waals surface area contributed by atoms with Crippen molar-refractivity contribution in [3.8, 4) is 5.75 Å². The molecular formula is C19H21NO3. The fourth-order valence-corrected chi connectivity index (χ4v) is 2.96. The third-order valence-electron chi connectivity index (χ3n) is 4.26. The molecular weight excluding hydrogens is 290 g/mol. The predicted molar refractivity (Wildman–Crippen MR) is 89.6 cm³/mol. The summed E-state index contributed by atoms with van der Waals surface area (Å²) in [5.41, 5.74) is 2.15. The quantitative estimate of drug-likeness (QED) is 0.848. The van der Waals surface area contributed by atoms with Crippen LogP contribution in [0.2, 0.25) is 0 Å². The van der Waals surface area contributed by atoms with Gasteiger partial charge in [0.25, 0.3) is 0 Å². The van der Waals surface area contributed by atoms with E-state index in [4.69, 9.17) is 9.84 Å². The molecule has 1 aliphatic rings. The topological polar surface area (TPSA) is 58.6 Å². The number of benzene rings is 2. The lowest BCUT2D eigenvalue weighted by atomic mass is 10.1. The Bertz CT molecular complexity index is 639. The number of rotatable bonds is 6. The van der Waals surface area contributed by atoms with Crippen molar-refractivity contribution < 1.29 is 14.6 Å². The Hall–Kier alpha value is -2.49. The van der Waals surface area contributed by atoms with Gasteiger partial charge in [-0.05, 0) is 49.1 Å². The first kappa shape index (κ1) is 15.4. The number of carboxylic acids is 1. The molecule has 0 aliphatic heterocycles. The lowest BCUT2D eigenvalue weighted by molar-refractivity contribution is -0.141. The second-order valence-electron chi connectivity index (χ2n) is 5.99. The van der Waals surface area contributed by atoms with E-state index in [1.165, 1.54) is 0 Å². The summed E-state index contributed by atoms with van der Waals surface area (Å²) < 4.78 is 5.76. The highest BCUT2D eigenvalue weighted by Gasteiger charge is 2.29. The Morgan fingerprint density at radius 3 is 2.48 bits per heavy atom. The average Bonchev–Trinajstić information content (AvgIpc) is 3.04. The Morgan fingerprint density at radius 1 is 1.09 bits per heavy atom. The zero-order valence-electron chi connectivity index (χ0n) is 12.9. The molecule has 1 aliphatic carbocycles. The predicted octanol–water partition coefficient (Wildman–Crippen LogP) is 3.93. The van der Waals surface area contributed by atoms with Crippen LogP contribution >= 0.6 is 0 Å². The van der Waals surface area contributed by atoms with Gasteiger partial charge in [0.15, 0.2) is 0 Å². The van der Waals surface area contributed by atoms with Gasteiger partial charge in [-0.15, -0.1) is 0 Å². The van der Waals surface area contributed by atoms with Gasteiger partial charge in [-0.1, -0.05) is 30.3 Å². The summed E-state index contributed by atoms with van der Waals surface area (Å²) in [6.45, 7) is 0.552. The minimum atomic E-state index is -0.682. The Morgan fingerprint density at radius 2 is 1.83 bits per heavy atom. The first-order valence-corrected chi connectivity index (χ1v) is 7.97. The van der Waals surface area contributed by atoms with Gasteiger partial charge in [0.2, 0.25) is 0 Å². The first-order chi connectivity index (χ1) is 11.2. The van der Waals surface area contributed by atoms with E-state index in [0.29, 0.717) is 13.0 Å². The van der Waals surface area contributed by atoms with E-state index in [0.717, 1.165) is 29.8 Å². The van der Waals surface area contributed by atoms with Crippen LogP contribution in [0, 0.1) is 5.92 Å². The lowest BCUT2D eigenvalue weighted by Gasteiger charge is -2.14. The van der Waals surface area contributed by atoms with E-state index in [9.17, 15) is 4.79 Å². The molecule has 2 aromatic carbocycles. The Balaban J connectivity index is 1.50. The summed E-state index contributed by atoms with van der Waals surface area (Å²) in [6.07, 6.45) is 2.36. The van der Waals surface area contributed by atoms with E-state index < -0.39 is 5.97 Å². The molecule has 4 nitrogen and oxygen atoms in total. The first-order valence-electron chi connectivity index (χ1n) is 7.97. The van der Waals surface area contributed by atoms with E-state index in [1.54, 1.807) is 0 Å². The number of anilines is 1. The van der Waals surface area contributed by atoms with Crippen LogP contribution in [0.1, 0.15) is 24.8 Å². The molecule has 0 saturated heterocycles. The number of hydrogen-bond acceptors (Lipinski definition) is 3. The van der Waals surface area contributed by atoms with Gasteiger partial charge in [-0.25, -0.2) is 0 Å². The van der Waals surface area contributed by atoms with Crippen LogP contribution in [0.4, 0.5) is 5.69 Å². The molecule has 0 spiro atoms. The van der Waals surface area contributed by atoms with E-state index in [1.807, 2.05) is 54.6 Å². The van der Waals surface area contributed by atoms with Crippen molar-refractivity contribution in [2.45, 2.75) is 31.9 Å². The monoisotopic (exact) mass is 311 g/mol. The summed E-state index contributed by atoms with van der Waals surface area (Å²) in [5.74, 6) is -0.0609. The highest BCUT2D eigenvalue weighted by atomic mass is 16.5. The fourth-order valence-electron chi connectivity index (χ4n) is 2.96. The fraction of sp³-hybridized carbons (Fsp3) is 0.316. The largest absolute Gasteiger partial charge is 0.489 e.